The summed E-state index contributed by atoms with van der Waals surface area (Å²) >= 11 is 0. The van der Waals surface area contributed by atoms with E-state index in [1.54, 1.807) is 31.2 Å². The monoisotopic (exact) mass is 414 g/mol. The van der Waals surface area contributed by atoms with Gasteiger partial charge in [-0.25, -0.2) is 4.79 Å². The molecule has 156 valence electrons. The summed E-state index contributed by atoms with van der Waals surface area (Å²) in [7, 11) is 1.33. The molecule has 0 bridgehead atoms. The molecule has 1 aromatic heterocycles. The Bertz CT molecular complexity index is 1170. The van der Waals surface area contributed by atoms with Gasteiger partial charge in [0, 0.05) is 11.6 Å². The molecule has 6 heteroatoms. The smallest absolute Gasteiger partial charge is 0.338 e. The van der Waals surface area contributed by atoms with Crippen molar-refractivity contribution in [1.82, 2.24) is 5.32 Å². The highest BCUT2D eigenvalue weighted by atomic mass is 16.5. The number of amides is 1. The van der Waals surface area contributed by atoms with Gasteiger partial charge in [-0.15, -0.1) is 0 Å². The fourth-order valence-corrected chi connectivity index (χ4v) is 3.20. The quantitative estimate of drug-likeness (QED) is 0.354. The van der Waals surface area contributed by atoms with Crippen LogP contribution >= 0.6 is 0 Å². The Morgan fingerprint density at radius 3 is 2.52 bits per heavy atom. The number of rotatable bonds is 6. The second-order valence-corrected chi connectivity index (χ2v) is 6.95. The molecule has 3 aromatic rings. The van der Waals surface area contributed by atoms with Gasteiger partial charge in [0.25, 0.3) is 5.91 Å². The van der Waals surface area contributed by atoms with Crippen LogP contribution < -0.4 is 5.32 Å². The zero-order valence-electron chi connectivity index (χ0n) is 17.5. The van der Waals surface area contributed by atoms with Gasteiger partial charge in [0.2, 0.25) is 0 Å². The molecule has 1 amide bonds. The number of ether oxygens (including phenoxy) is 1. The van der Waals surface area contributed by atoms with Crippen molar-refractivity contribution >= 4 is 18.0 Å². The zero-order chi connectivity index (χ0) is 22.4. The number of benzene rings is 2. The predicted octanol–water partition coefficient (Wildman–Crippen LogP) is 4.83. The zero-order valence-corrected chi connectivity index (χ0v) is 17.5. The molecule has 0 spiro atoms. The second-order valence-electron chi connectivity index (χ2n) is 6.95. The van der Waals surface area contributed by atoms with Crippen molar-refractivity contribution in [3.63, 3.8) is 0 Å². The third kappa shape index (κ3) is 4.90. The Labute approximate surface area is 180 Å². The minimum absolute atomic E-state index is 0.0660. The van der Waals surface area contributed by atoms with Gasteiger partial charge in [-0.2, -0.15) is 5.26 Å². The molecule has 3 rings (SSSR count). The molecule has 0 fully saturated rings. The van der Waals surface area contributed by atoms with E-state index in [9.17, 15) is 14.9 Å². The number of nitrogens with one attached hydrogen (secondary N) is 1. The summed E-state index contributed by atoms with van der Waals surface area (Å²) in [6.07, 6.45) is 1.40. The molecule has 0 aliphatic rings. The van der Waals surface area contributed by atoms with Crippen LogP contribution in [-0.4, -0.2) is 19.0 Å². The first kappa shape index (κ1) is 21.6. The summed E-state index contributed by atoms with van der Waals surface area (Å²) in [6, 6.07) is 19.8. The van der Waals surface area contributed by atoms with Crippen LogP contribution in [0.3, 0.4) is 0 Å². The first-order valence-electron chi connectivity index (χ1n) is 9.70. The molecule has 2 aromatic carbocycles. The summed E-state index contributed by atoms with van der Waals surface area (Å²) in [5.74, 6) is -0.0375. The number of methoxy groups -OCH3 is 1. The maximum absolute atomic E-state index is 12.6. The highest BCUT2D eigenvalue weighted by Crippen LogP contribution is 2.28. The minimum atomic E-state index is -0.485. The van der Waals surface area contributed by atoms with Gasteiger partial charge in [0.15, 0.2) is 0 Å². The maximum atomic E-state index is 12.6. The maximum Gasteiger partial charge on any atom is 0.338 e. The molecule has 0 aliphatic heterocycles. The summed E-state index contributed by atoms with van der Waals surface area (Å²) in [6.45, 7) is 3.66. The first-order chi connectivity index (χ1) is 14.9. The normalized spacial score (nSPS) is 12.0. The van der Waals surface area contributed by atoms with E-state index in [2.05, 4.69) is 5.32 Å². The summed E-state index contributed by atoms with van der Waals surface area (Å²) < 4.78 is 10.6. The number of nitrogens with zero attached hydrogens (tertiary/aromatic N) is 1. The van der Waals surface area contributed by atoms with Crippen LogP contribution in [-0.2, 0) is 9.53 Å². The lowest BCUT2D eigenvalue weighted by molar-refractivity contribution is -0.117. The van der Waals surface area contributed by atoms with Gasteiger partial charge < -0.3 is 14.5 Å². The van der Waals surface area contributed by atoms with E-state index in [-0.39, 0.29) is 11.6 Å². The molecular weight excluding hydrogens is 392 g/mol. The van der Waals surface area contributed by atoms with Gasteiger partial charge in [-0.3, -0.25) is 4.79 Å². The average molecular weight is 414 g/mol. The van der Waals surface area contributed by atoms with E-state index in [1.165, 1.54) is 13.2 Å². The van der Waals surface area contributed by atoms with E-state index in [0.29, 0.717) is 22.6 Å². The standard InChI is InChI=1S/C25H22N2O4/c1-16-21(10-7-11-22(16)25(29)30-3)23-13-12-20(31-23)14-19(15-26)24(28)27-17(2)18-8-5-4-6-9-18/h4-14,17H,1-3H3,(H,27,28)/b19-14-/t17-/m0/s1. The molecule has 0 saturated carbocycles. The number of esters is 1. The molecule has 0 unspecified atom stereocenters. The molecular formula is C25H22N2O4. The highest BCUT2D eigenvalue weighted by molar-refractivity contribution is 6.01. The van der Waals surface area contributed by atoms with E-state index < -0.39 is 11.9 Å². The Hall–Kier alpha value is -4.11. The van der Waals surface area contributed by atoms with Gasteiger partial charge in [0.1, 0.15) is 23.2 Å². The van der Waals surface area contributed by atoms with Crippen LogP contribution in [0.2, 0.25) is 0 Å². The summed E-state index contributed by atoms with van der Waals surface area (Å²) in [5, 5.41) is 12.3. The van der Waals surface area contributed by atoms with Crippen LogP contribution in [0, 0.1) is 18.3 Å². The lowest BCUT2D eigenvalue weighted by Crippen LogP contribution is -2.27. The Balaban J connectivity index is 1.82. The van der Waals surface area contributed by atoms with E-state index in [1.807, 2.05) is 49.4 Å². The molecule has 6 nitrogen and oxygen atoms in total. The van der Waals surface area contributed by atoms with E-state index in [4.69, 9.17) is 9.15 Å². The molecule has 1 heterocycles. The lowest BCUT2D eigenvalue weighted by Gasteiger charge is -2.13. The largest absolute Gasteiger partial charge is 0.465 e. The van der Waals surface area contributed by atoms with Crippen molar-refractivity contribution < 1.29 is 18.7 Å². The van der Waals surface area contributed by atoms with Crippen LogP contribution in [0.25, 0.3) is 17.4 Å². The number of hydrogen-bond donors (Lipinski definition) is 1. The molecule has 31 heavy (non-hydrogen) atoms. The first-order valence-corrected chi connectivity index (χ1v) is 9.70. The summed E-state index contributed by atoms with van der Waals surface area (Å²) in [4.78, 5) is 24.5. The molecule has 0 saturated heterocycles. The van der Waals surface area contributed by atoms with Crippen LogP contribution in [0.4, 0.5) is 0 Å². The fraction of sp³-hybridized carbons (Fsp3) is 0.160. The average Bonchev–Trinajstić information content (AvgIpc) is 3.25. The van der Waals surface area contributed by atoms with Crippen molar-refractivity contribution in [2.75, 3.05) is 7.11 Å². The predicted molar refractivity (Wildman–Crippen MR) is 117 cm³/mol. The van der Waals surface area contributed by atoms with Crippen molar-refractivity contribution in [3.05, 3.63) is 88.7 Å². The SMILES string of the molecule is COC(=O)c1cccc(-c2ccc(/C=C(/C#N)C(=O)N[C@@H](C)c3ccccc3)o2)c1C. The number of hydrogen-bond acceptors (Lipinski definition) is 5. The van der Waals surface area contributed by atoms with Gasteiger partial charge in [-0.1, -0.05) is 42.5 Å². The third-order valence-corrected chi connectivity index (χ3v) is 4.93. The summed E-state index contributed by atoms with van der Waals surface area (Å²) in [5.41, 5.74) is 2.76. The van der Waals surface area contributed by atoms with Crippen molar-refractivity contribution in [2.24, 2.45) is 0 Å². The second kappa shape index (κ2) is 9.59. The molecule has 0 radical (unpaired) electrons. The Morgan fingerprint density at radius 2 is 1.84 bits per heavy atom. The van der Waals surface area contributed by atoms with Crippen molar-refractivity contribution in [1.29, 1.82) is 5.26 Å². The van der Waals surface area contributed by atoms with E-state index >= 15 is 0 Å². The minimum Gasteiger partial charge on any atom is -0.465 e. The molecule has 0 aliphatic carbocycles. The van der Waals surface area contributed by atoms with Crippen LogP contribution in [0.1, 0.15) is 40.2 Å². The molecule has 1 N–H and O–H groups in total. The van der Waals surface area contributed by atoms with Crippen LogP contribution in [0.15, 0.2) is 70.7 Å². The number of carbonyl (C=O) groups is 2. The van der Waals surface area contributed by atoms with Gasteiger partial charge in [0.05, 0.1) is 18.7 Å². The highest BCUT2D eigenvalue weighted by Gasteiger charge is 2.17. The number of nitriles is 1. The number of furan rings is 1. The Morgan fingerprint density at radius 1 is 1.10 bits per heavy atom. The van der Waals surface area contributed by atoms with Crippen molar-refractivity contribution in [2.45, 2.75) is 19.9 Å². The van der Waals surface area contributed by atoms with Crippen molar-refractivity contribution in [3.8, 4) is 17.4 Å². The van der Waals surface area contributed by atoms with Gasteiger partial charge >= 0.3 is 5.97 Å². The van der Waals surface area contributed by atoms with Gasteiger partial charge in [-0.05, 0) is 43.2 Å². The van der Waals surface area contributed by atoms with E-state index in [0.717, 1.165) is 11.1 Å². The molecule has 1 atom stereocenters. The number of carbonyl (C=O) groups excluding carboxylic acids is 2. The van der Waals surface area contributed by atoms with Crippen LogP contribution in [0.5, 0.6) is 0 Å². The topological polar surface area (TPSA) is 92.3 Å². The third-order valence-electron chi connectivity index (χ3n) is 4.93. The fourth-order valence-electron chi connectivity index (χ4n) is 3.20. The lowest BCUT2D eigenvalue weighted by atomic mass is 10.0. The Kier molecular flexibility index (Phi) is 6.68.